The largest absolute Gasteiger partial charge is 0.353 e. The summed E-state index contributed by atoms with van der Waals surface area (Å²) in [6.45, 7) is 4.54. The second kappa shape index (κ2) is 11.0. The van der Waals surface area contributed by atoms with Gasteiger partial charge in [-0.15, -0.1) is 0 Å². The molecule has 2 aliphatic rings. The topological polar surface area (TPSA) is 15.8 Å². The van der Waals surface area contributed by atoms with Crippen LogP contribution < -0.4 is 0 Å². The van der Waals surface area contributed by atoms with Gasteiger partial charge in [-0.1, -0.05) is 159 Å². The zero-order valence-corrected chi connectivity index (χ0v) is 24.0. The van der Waals surface area contributed by atoms with Gasteiger partial charge in [-0.3, -0.25) is 0 Å². The van der Waals surface area contributed by atoms with E-state index in [2.05, 4.69) is 170 Å². The highest BCUT2D eigenvalue weighted by atomic mass is 14.8. The molecule has 0 unspecified atom stereocenters. The first kappa shape index (κ1) is 25.8. The van der Waals surface area contributed by atoms with Gasteiger partial charge in [0.15, 0.2) is 0 Å². The second-order valence-electron chi connectivity index (χ2n) is 11.2. The van der Waals surface area contributed by atoms with Gasteiger partial charge in [-0.2, -0.15) is 0 Å². The van der Waals surface area contributed by atoms with Crippen molar-refractivity contribution in [2.24, 2.45) is 0 Å². The summed E-state index contributed by atoms with van der Waals surface area (Å²) in [4.78, 5) is 4.00. The van der Waals surface area contributed by atoms with Gasteiger partial charge in [0.25, 0.3) is 0 Å². The Hall–Kier alpha value is -5.14. The fourth-order valence-electron chi connectivity index (χ4n) is 6.13. The van der Waals surface area contributed by atoms with Gasteiger partial charge in [0.1, 0.15) is 0 Å². The number of hydrogen-bond acceptors (Lipinski definition) is 0. The van der Waals surface area contributed by atoms with Crippen LogP contribution in [0.4, 0.5) is 0 Å². The Morgan fingerprint density at radius 2 is 0.881 bits per heavy atom. The van der Waals surface area contributed by atoms with Crippen LogP contribution in [-0.4, -0.2) is 4.98 Å². The summed E-state index contributed by atoms with van der Waals surface area (Å²) in [5.74, 6) is 0.417. The zero-order valence-electron chi connectivity index (χ0n) is 24.0. The molecule has 202 valence electrons. The highest BCUT2D eigenvalue weighted by molar-refractivity contribution is 6.06. The molecule has 0 saturated carbocycles. The van der Waals surface area contributed by atoms with Crippen LogP contribution in [0.5, 0.6) is 0 Å². The van der Waals surface area contributed by atoms with E-state index in [1.165, 1.54) is 61.2 Å². The van der Waals surface area contributed by atoms with E-state index in [4.69, 9.17) is 0 Å². The van der Waals surface area contributed by atoms with Crippen molar-refractivity contribution in [3.05, 3.63) is 157 Å². The minimum atomic E-state index is 0.417. The Morgan fingerprint density at radius 1 is 0.381 bits per heavy atom. The maximum Gasteiger partial charge on any atom is 0.0551 e. The van der Waals surface area contributed by atoms with E-state index in [9.17, 15) is 0 Å². The maximum atomic E-state index is 4.00. The number of hydrogen-bond donors (Lipinski definition) is 1. The molecule has 42 heavy (non-hydrogen) atoms. The molecule has 0 amide bonds. The lowest BCUT2D eigenvalue weighted by atomic mass is 9.91. The molecular weight excluding hydrogens is 506 g/mol. The minimum absolute atomic E-state index is 0.417. The normalized spacial score (nSPS) is 11.3. The zero-order chi connectivity index (χ0) is 28.5. The predicted molar refractivity (Wildman–Crippen MR) is 179 cm³/mol. The van der Waals surface area contributed by atoms with Crippen LogP contribution in [0.3, 0.4) is 0 Å². The summed E-state index contributed by atoms with van der Waals surface area (Å²) >= 11 is 0. The maximum absolute atomic E-state index is 4.00. The van der Waals surface area contributed by atoms with Gasteiger partial charge in [-0.05, 0) is 56.5 Å². The summed E-state index contributed by atoms with van der Waals surface area (Å²) < 4.78 is 0. The van der Waals surface area contributed by atoms with Crippen LogP contribution >= 0.6 is 0 Å². The number of H-pyrrole nitrogens is 1. The molecule has 0 atom stereocenters. The summed E-state index contributed by atoms with van der Waals surface area (Å²) in [5.41, 5.74) is 15.9. The lowest BCUT2D eigenvalue weighted by molar-refractivity contribution is 0.869. The number of aromatic nitrogens is 1. The molecule has 5 aromatic rings. The van der Waals surface area contributed by atoms with E-state index in [-0.39, 0.29) is 0 Å². The van der Waals surface area contributed by atoms with Gasteiger partial charge in [0, 0.05) is 16.7 Å². The van der Waals surface area contributed by atoms with Crippen LogP contribution in [0.1, 0.15) is 25.3 Å². The highest BCUT2D eigenvalue weighted by Crippen LogP contribution is 2.51. The Labute approximate surface area is 248 Å². The van der Waals surface area contributed by atoms with E-state index in [1.54, 1.807) is 0 Å². The molecule has 4 aromatic carbocycles. The van der Waals surface area contributed by atoms with E-state index < -0.39 is 0 Å². The van der Waals surface area contributed by atoms with Gasteiger partial charge < -0.3 is 4.98 Å². The number of aromatic amines is 1. The molecule has 0 spiro atoms. The van der Waals surface area contributed by atoms with E-state index in [0.717, 1.165) is 11.4 Å². The van der Waals surface area contributed by atoms with Gasteiger partial charge >= 0.3 is 0 Å². The quantitative estimate of drug-likeness (QED) is 0.216. The fraction of sp³-hybridized carbons (Fsp3) is 0.0732. The lowest BCUT2D eigenvalue weighted by Gasteiger charge is -2.11. The molecule has 1 heteroatoms. The third kappa shape index (κ3) is 4.63. The summed E-state index contributed by atoms with van der Waals surface area (Å²) in [7, 11) is 0. The molecule has 0 saturated heterocycles. The summed E-state index contributed by atoms with van der Waals surface area (Å²) in [6.07, 6.45) is 0. The Bertz CT molecular complexity index is 1910. The summed E-state index contributed by atoms with van der Waals surface area (Å²) in [6, 6.07) is 54.7. The number of nitrogens with one attached hydrogen (secondary N) is 1. The van der Waals surface area contributed by atoms with Gasteiger partial charge in [-0.25, -0.2) is 0 Å². The molecule has 1 heterocycles. The van der Waals surface area contributed by atoms with Crippen LogP contribution in [0.2, 0.25) is 0 Å². The molecule has 0 radical (unpaired) electrons. The molecule has 0 aliphatic heterocycles. The standard InChI is InChI=1S/C41H33N/c1-28(2)33-24-15-25-34-35(29-16-7-3-8-17-29)27-37(36(34)26-33)41-39(31-20-11-5-12-21-31)38(30-18-9-4-10-19-30)40(42-41)32-22-13-6-14-23-32/h3-28,42H,1-2H3. The third-order valence-corrected chi connectivity index (χ3v) is 8.23. The average molecular weight is 540 g/mol. The lowest BCUT2D eigenvalue weighted by Crippen LogP contribution is -1.87. The van der Waals surface area contributed by atoms with Gasteiger partial charge in [0.05, 0.1) is 11.4 Å². The first-order valence-electron chi connectivity index (χ1n) is 14.7. The van der Waals surface area contributed by atoms with E-state index in [1.807, 2.05) is 0 Å². The SMILES string of the molecule is CC(C)c1cccc2c(-c3ccccc3)cc(-c3[nH]c(-c4ccccc4)c(-c4ccccc4)c3-c3ccccc3)c-2c1. The van der Waals surface area contributed by atoms with Crippen molar-refractivity contribution in [1.29, 1.82) is 0 Å². The molecule has 0 bridgehead atoms. The van der Waals surface area contributed by atoms with Crippen molar-refractivity contribution in [3.63, 3.8) is 0 Å². The van der Waals surface area contributed by atoms with Crippen molar-refractivity contribution in [2.75, 3.05) is 0 Å². The van der Waals surface area contributed by atoms with E-state index in [0.29, 0.717) is 5.92 Å². The molecule has 1 nitrogen and oxygen atoms in total. The van der Waals surface area contributed by atoms with Crippen molar-refractivity contribution in [2.45, 2.75) is 19.8 Å². The molecule has 7 rings (SSSR count). The van der Waals surface area contributed by atoms with Crippen molar-refractivity contribution < 1.29 is 0 Å². The summed E-state index contributed by atoms with van der Waals surface area (Å²) in [5, 5.41) is 0. The Morgan fingerprint density at radius 3 is 1.43 bits per heavy atom. The van der Waals surface area contributed by atoms with Crippen molar-refractivity contribution in [3.8, 4) is 67.0 Å². The second-order valence-corrected chi connectivity index (χ2v) is 11.2. The number of benzene rings is 4. The molecule has 0 fully saturated rings. The first-order valence-corrected chi connectivity index (χ1v) is 14.7. The van der Waals surface area contributed by atoms with E-state index >= 15 is 0 Å². The average Bonchev–Trinajstić information content (AvgIpc) is 3.53. The minimum Gasteiger partial charge on any atom is -0.353 e. The van der Waals surface area contributed by atoms with Crippen LogP contribution in [-0.2, 0) is 0 Å². The van der Waals surface area contributed by atoms with Crippen LogP contribution in [0.15, 0.2) is 152 Å². The number of rotatable bonds is 6. The smallest absolute Gasteiger partial charge is 0.0551 e. The monoisotopic (exact) mass is 539 g/mol. The molecule has 1 aromatic heterocycles. The van der Waals surface area contributed by atoms with Crippen molar-refractivity contribution >= 4 is 0 Å². The number of fused-ring (bicyclic) bond motifs is 1. The van der Waals surface area contributed by atoms with Crippen LogP contribution in [0, 0.1) is 0 Å². The Balaban J connectivity index is 1.62. The first-order chi connectivity index (χ1) is 20.7. The van der Waals surface area contributed by atoms with Crippen LogP contribution in [0.25, 0.3) is 67.0 Å². The predicted octanol–water partition coefficient (Wildman–Crippen LogP) is 11.6. The fourth-order valence-corrected chi connectivity index (χ4v) is 6.13. The highest BCUT2D eigenvalue weighted by Gasteiger charge is 2.27. The third-order valence-electron chi connectivity index (χ3n) is 8.23. The Kier molecular flexibility index (Phi) is 6.78. The van der Waals surface area contributed by atoms with Gasteiger partial charge in [0.2, 0.25) is 0 Å². The molecule has 1 N–H and O–H groups in total. The van der Waals surface area contributed by atoms with Crippen molar-refractivity contribution in [1.82, 2.24) is 4.98 Å². The molecular formula is C41H33N. The molecule has 2 aliphatic carbocycles.